The fraction of sp³-hybridized carbons (Fsp3) is 0.636. The van der Waals surface area contributed by atoms with Gasteiger partial charge in [0.2, 0.25) is 5.91 Å². The number of imide groups is 1. The van der Waals surface area contributed by atoms with Crippen LogP contribution < -0.4 is 0 Å². The first kappa shape index (κ1) is 24.5. The Balaban J connectivity index is 2.32. The van der Waals surface area contributed by atoms with Crippen LogP contribution >= 0.6 is 0 Å². The number of benzene rings is 1. The molecule has 0 bridgehead atoms. The molecule has 5 nitrogen and oxygen atoms in total. The van der Waals surface area contributed by atoms with E-state index in [2.05, 4.69) is 0 Å². The lowest BCUT2D eigenvalue weighted by Gasteiger charge is -2.38. The largest absolute Gasteiger partial charge is 0.443 e. The first-order valence-electron chi connectivity index (χ1n) is 10.3. The zero-order valence-corrected chi connectivity index (χ0v) is 19.9. The molecule has 1 fully saturated rings. The van der Waals surface area contributed by atoms with E-state index in [9.17, 15) is 18.4 Å². The Labute approximate surface area is 178 Å². The molecule has 168 valence electrons. The fourth-order valence-corrected chi connectivity index (χ4v) is 4.97. The van der Waals surface area contributed by atoms with Crippen molar-refractivity contribution in [1.29, 1.82) is 0 Å². The van der Waals surface area contributed by atoms with E-state index in [1.54, 1.807) is 20.8 Å². The standard InChI is InChI=1S/C22H33F2NO4Si/c1-14(10-15-11-16(23)13-17(24)12-15)20(29-30(5,6)7)18-8-9-19(26)25(18)21(27)28-22(2,3)4/h11-14,18,20H,8-10H2,1-7H3/t14-,18+,20-/m0/s1. The molecule has 8 heteroatoms. The Morgan fingerprint density at radius 2 is 1.77 bits per heavy atom. The summed E-state index contributed by atoms with van der Waals surface area (Å²) in [5.41, 5.74) is -0.220. The highest BCUT2D eigenvalue weighted by molar-refractivity contribution is 6.69. The van der Waals surface area contributed by atoms with Crippen LogP contribution in [0.4, 0.5) is 13.6 Å². The van der Waals surface area contributed by atoms with Gasteiger partial charge in [0.15, 0.2) is 8.32 Å². The van der Waals surface area contributed by atoms with Gasteiger partial charge >= 0.3 is 6.09 Å². The molecule has 0 spiro atoms. The molecule has 1 heterocycles. The highest BCUT2D eigenvalue weighted by Crippen LogP contribution is 2.32. The van der Waals surface area contributed by atoms with E-state index in [4.69, 9.17) is 9.16 Å². The van der Waals surface area contributed by atoms with Crippen LogP contribution in [-0.2, 0) is 20.4 Å². The summed E-state index contributed by atoms with van der Waals surface area (Å²) in [7, 11) is -2.06. The number of halogens is 2. The summed E-state index contributed by atoms with van der Waals surface area (Å²) >= 11 is 0. The SMILES string of the molecule is C[C@@H](Cc1cc(F)cc(F)c1)[C@H](O[Si](C)(C)C)[C@H]1CCC(=O)N1C(=O)OC(C)(C)C. The number of hydrogen-bond acceptors (Lipinski definition) is 4. The predicted molar refractivity (Wildman–Crippen MR) is 114 cm³/mol. The van der Waals surface area contributed by atoms with Crippen LogP contribution in [0, 0.1) is 17.6 Å². The maximum atomic E-state index is 13.6. The van der Waals surface area contributed by atoms with Crippen molar-refractivity contribution in [3.05, 3.63) is 35.4 Å². The number of carbonyl (C=O) groups excluding carboxylic acids is 2. The average Bonchev–Trinajstić information content (AvgIpc) is 2.90. The molecule has 0 aromatic heterocycles. The Kier molecular flexibility index (Phi) is 7.45. The van der Waals surface area contributed by atoms with Gasteiger partial charge in [-0.25, -0.2) is 18.5 Å². The molecule has 0 unspecified atom stereocenters. The molecule has 0 aliphatic carbocycles. The van der Waals surface area contributed by atoms with Gasteiger partial charge in [0.05, 0.1) is 12.1 Å². The normalized spacial score (nSPS) is 19.7. The summed E-state index contributed by atoms with van der Waals surface area (Å²) in [6.45, 7) is 13.3. The van der Waals surface area contributed by atoms with Crippen molar-refractivity contribution in [2.75, 3.05) is 0 Å². The number of carbonyl (C=O) groups is 2. The van der Waals surface area contributed by atoms with E-state index < -0.39 is 43.8 Å². The van der Waals surface area contributed by atoms with Crippen molar-refractivity contribution in [3.63, 3.8) is 0 Å². The van der Waals surface area contributed by atoms with Crippen LogP contribution in [0.15, 0.2) is 18.2 Å². The lowest BCUT2D eigenvalue weighted by molar-refractivity contribution is -0.129. The minimum atomic E-state index is -2.06. The maximum Gasteiger partial charge on any atom is 0.417 e. The molecule has 2 amide bonds. The Morgan fingerprint density at radius 3 is 2.27 bits per heavy atom. The summed E-state index contributed by atoms with van der Waals surface area (Å²) in [6, 6.07) is 2.96. The van der Waals surface area contributed by atoms with Crippen LogP contribution in [0.3, 0.4) is 0 Å². The van der Waals surface area contributed by atoms with Gasteiger partial charge in [-0.3, -0.25) is 4.79 Å². The predicted octanol–water partition coefficient (Wildman–Crippen LogP) is 5.29. The van der Waals surface area contributed by atoms with Crippen LogP contribution in [0.25, 0.3) is 0 Å². The monoisotopic (exact) mass is 441 g/mol. The number of likely N-dealkylation sites (tertiary alicyclic amines) is 1. The average molecular weight is 442 g/mol. The Morgan fingerprint density at radius 1 is 1.20 bits per heavy atom. The van der Waals surface area contributed by atoms with Gasteiger partial charge in [0, 0.05) is 12.5 Å². The molecule has 3 atom stereocenters. The Hall–Kier alpha value is -1.80. The van der Waals surface area contributed by atoms with Crippen molar-refractivity contribution in [2.24, 2.45) is 5.92 Å². The van der Waals surface area contributed by atoms with Crippen LogP contribution in [0.1, 0.15) is 46.1 Å². The van der Waals surface area contributed by atoms with Gasteiger partial charge in [-0.15, -0.1) is 0 Å². The quantitative estimate of drug-likeness (QED) is 0.563. The van der Waals surface area contributed by atoms with E-state index in [1.165, 1.54) is 17.0 Å². The second-order valence-electron chi connectivity index (χ2n) is 10.0. The van der Waals surface area contributed by atoms with Crippen molar-refractivity contribution >= 4 is 20.3 Å². The van der Waals surface area contributed by atoms with E-state index in [1.807, 2.05) is 26.6 Å². The molecule has 1 saturated heterocycles. The molecule has 0 N–H and O–H groups in total. The first-order valence-corrected chi connectivity index (χ1v) is 13.7. The van der Waals surface area contributed by atoms with E-state index in [-0.39, 0.29) is 18.2 Å². The molecule has 0 radical (unpaired) electrons. The van der Waals surface area contributed by atoms with Crippen LogP contribution in [-0.4, -0.2) is 43.0 Å². The van der Waals surface area contributed by atoms with Crippen molar-refractivity contribution in [2.45, 2.75) is 84.3 Å². The van der Waals surface area contributed by atoms with Gasteiger partial charge in [0.1, 0.15) is 17.2 Å². The van der Waals surface area contributed by atoms with Crippen LogP contribution in [0.5, 0.6) is 0 Å². The fourth-order valence-electron chi connectivity index (χ4n) is 3.76. The summed E-state index contributed by atoms with van der Waals surface area (Å²) in [5.74, 6) is -1.74. The second kappa shape index (κ2) is 9.14. The molecular weight excluding hydrogens is 408 g/mol. The van der Waals surface area contributed by atoms with Gasteiger partial charge < -0.3 is 9.16 Å². The third kappa shape index (κ3) is 6.87. The van der Waals surface area contributed by atoms with Crippen molar-refractivity contribution in [3.8, 4) is 0 Å². The molecule has 30 heavy (non-hydrogen) atoms. The lowest BCUT2D eigenvalue weighted by Crippen LogP contribution is -2.52. The molecule has 1 aliphatic heterocycles. The lowest BCUT2D eigenvalue weighted by atomic mass is 9.90. The highest BCUT2D eigenvalue weighted by atomic mass is 28.4. The van der Waals surface area contributed by atoms with Gasteiger partial charge in [-0.1, -0.05) is 6.92 Å². The summed E-state index contributed by atoms with van der Waals surface area (Å²) in [4.78, 5) is 26.5. The topological polar surface area (TPSA) is 55.8 Å². The summed E-state index contributed by atoms with van der Waals surface area (Å²) < 4.78 is 39.2. The summed E-state index contributed by atoms with van der Waals surface area (Å²) in [6.07, 6.45) is -0.0761. The highest BCUT2D eigenvalue weighted by Gasteiger charge is 2.45. The molecule has 1 aromatic rings. The molecular formula is C22H33F2NO4Si. The Bertz CT molecular complexity index is 768. The van der Waals surface area contributed by atoms with Gasteiger partial charge in [0.25, 0.3) is 0 Å². The number of nitrogens with zero attached hydrogens (tertiary/aromatic N) is 1. The zero-order chi connectivity index (χ0) is 22.9. The minimum Gasteiger partial charge on any atom is -0.443 e. The van der Waals surface area contributed by atoms with Crippen LogP contribution in [0.2, 0.25) is 19.6 Å². The number of ether oxygens (including phenoxy) is 1. The maximum absolute atomic E-state index is 13.6. The summed E-state index contributed by atoms with van der Waals surface area (Å²) in [5, 5.41) is 0. The van der Waals surface area contributed by atoms with E-state index in [0.717, 1.165) is 6.07 Å². The van der Waals surface area contributed by atoms with Gasteiger partial charge in [-0.05, 0) is 76.9 Å². The van der Waals surface area contributed by atoms with Crippen molar-refractivity contribution < 1.29 is 27.5 Å². The molecule has 1 aliphatic rings. The second-order valence-corrected chi connectivity index (χ2v) is 14.5. The third-order valence-corrected chi connectivity index (χ3v) is 5.73. The number of rotatable bonds is 6. The number of hydrogen-bond donors (Lipinski definition) is 0. The zero-order valence-electron chi connectivity index (χ0n) is 18.9. The molecule has 1 aromatic carbocycles. The molecule has 2 rings (SSSR count). The first-order chi connectivity index (χ1) is 13.7. The number of amides is 2. The third-order valence-electron chi connectivity index (χ3n) is 4.75. The smallest absolute Gasteiger partial charge is 0.417 e. The van der Waals surface area contributed by atoms with E-state index in [0.29, 0.717) is 18.4 Å². The minimum absolute atomic E-state index is 0.182. The molecule has 0 saturated carbocycles. The van der Waals surface area contributed by atoms with Crippen molar-refractivity contribution in [1.82, 2.24) is 4.90 Å². The van der Waals surface area contributed by atoms with E-state index >= 15 is 0 Å². The van der Waals surface area contributed by atoms with Gasteiger partial charge in [-0.2, -0.15) is 0 Å².